The van der Waals surface area contributed by atoms with E-state index in [0.29, 0.717) is 5.88 Å². The van der Waals surface area contributed by atoms with E-state index in [-0.39, 0.29) is 5.54 Å². The van der Waals surface area contributed by atoms with Crippen molar-refractivity contribution in [2.75, 3.05) is 12.9 Å². The molecule has 1 heterocycles. The number of nitrogens with zero attached hydrogens (tertiary/aromatic N) is 3. The number of aromatic nitrogens is 2. The van der Waals surface area contributed by atoms with E-state index in [9.17, 15) is 0 Å². The van der Waals surface area contributed by atoms with Crippen molar-refractivity contribution >= 4 is 23.2 Å². The summed E-state index contributed by atoms with van der Waals surface area (Å²) >= 11 is 12.4. The fourth-order valence-corrected chi connectivity index (χ4v) is 2.24. The second-order valence-electron chi connectivity index (χ2n) is 5.18. The molecule has 3 nitrogen and oxygen atoms in total. The smallest absolute Gasteiger partial charge is 0.0863 e. The van der Waals surface area contributed by atoms with Crippen LogP contribution in [0.1, 0.15) is 39.1 Å². The molecule has 0 spiro atoms. The minimum Gasteiger partial charge on any atom is -0.294 e. The van der Waals surface area contributed by atoms with Gasteiger partial charge in [-0.2, -0.15) is 5.10 Å². The maximum Gasteiger partial charge on any atom is 0.0863 e. The van der Waals surface area contributed by atoms with E-state index in [1.165, 1.54) is 0 Å². The van der Waals surface area contributed by atoms with Crippen LogP contribution in [0.15, 0.2) is 0 Å². The molecule has 18 heavy (non-hydrogen) atoms. The molecular weight excluding hydrogens is 269 g/mol. The first-order chi connectivity index (χ1) is 8.37. The molecule has 1 aromatic rings. The van der Waals surface area contributed by atoms with E-state index in [4.69, 9.17) is 23.2 Å². The van der Waals surface area contributed by atoms with Gasteiger partial charge in [0.1, 0.15) is 0 Å². The maximum atomic E-state index is 6.40. The first kappa shape index (κ1) is 15.8. The highest BCUT2D eigenvalue weighted by molar-refractivity contribution is 6.31. The van der Waals surface area contributed by atoms with Crippen LogP contribution >= 0.6 is 23.2 Å². The van der Waals surface area contributed by atoms with Crippen LogP contribution in [0.3, 0.4) is 0 Å². The van der Waals surface area contributed by atoms with Crippen molar-refractivity contribution in [2.45, 2.75) is 52.7 Å². The Balaban J connectivity index is 3.00. The highest BCUT2D eigenvalue weighted by atomic mass is 35.5. The Morgan fingerprint density at radius 2 is 1.94 bits per heavy atom. The van der Waals surface area contributed by atoms with Crippen LogP contribution in [0.2, 0.25) is 5.02 Å². The molecule has 0 N–H and O–H groups in total. The zero-order chi connectivity index (χ0) is 13.9. The van der Waals surface area contributed by atoms with Gasteiger partial charge in [0, 0.05) is 24.5 Å². The zero-order valence-corrected chi connectivity index (χ0v) is 13.4. The normalized spacial score (nSPS) is 12.4. The molecule has 104 valence electrons. The Hall–Kier alpha value is -0.250. The minimum absolute atomic E-state index is 0.0555. The molecule has 0 radical (unpaired) electrons. The SMILES string of the molecule is CCc1nn(CC)c(CN(C)C(C)(C)CCl)c1Cl. The van der Waals surface area contributed by atoms with Crippen LogP contribution in [0.4, 0.5) is 0 Å². The van der Waals surface area contributed by atoms with Crippen LogP contribution in [-0.2, 0) is 19.5 Å². The summed E-state index contributed by atoms with van der Waals surface area (Å²) in [6, 6.07) is 0. The molecule has 0 amide bonds. The van der Waals surface area contributed by atoms with E-state index >= 15 is 0 Å². The maximum absolute atomic E-state index is 6.40. The van der Waals surface area contributed by atoms with Gasteiger partial charge in [0.05, 0.1) is 16.4 Å². The summed E-state index contributed by atoms with van der Waals surface area (Å²) in [5.74, 6) is 0.585. The number of aryl methyl sites for hydroxylation is 2. The Bertz CT molecular complexity index is 399. The molecule has 0 aromatic carbocycles. The van der Waals surface area contributed by atoms with Crippen molar-refractivity contribution in [2.24, 2.45) is 0 Å². The molecule has 0 saturated carbocycles. The summed E-state index contributed by atoms with van der Waals surface area (Å²) in [6.07, 6.45) is 0.863. The van der Waals surface area contributed by atoms with E-state index in [2.05, 4.69) is 44.7 Å². The molecule has 0 aliphatic carbocycles. The molecule has 0 unspecified atom stereocenters. The van der Waals surface area contributed by atoms with Crippen molar-refractivity contribution in [3.8, 4) is 0 Å². The van der Waals surface area contributed by atoms with Gasteiger partial charge in [0.25, 0.3) is 0 Å². The van der Waals surface area contributed by atoms with Crippen LogP contribution < -0.4 is 0 Å². The van der Waals surface area contributed by atoms with Crippen molar-refractivity contribution in [1.82, 2.24) is 14.7 Å². The molecule has 5 heteroatoms. The topological polar surface area (TPSA) is 21.1 Å². The van der Waals surface area contributed by atoms with E-state index in [1.54, 1.807) is 0 Å². The van der Waals surface area contributed by atoms with Gasteiger partial charge in [-0.05, 0) is 34.2 Å². The summed E-state index contributed by atoms with van der Waals surface area (Å²) in [5, 5.41) is 5.34. The van der Waals surface area contributed by atoms with Crippen molar-refractivity contribution in [1.29, 1.82) is 0 Å². The summed E-state index contributed by atoms with van der Waals surface area (Å²) in [5.41, 5.74) is 2.00. The monoisotopic (exact) mass is 291 g/mol. The number of hydrogen-bond donors (Lipinski definition) is 0. The Kier molecular flexibility index (Phi) is 5.50. The highest BCUT2D eigenvalue weighted by Gasteiger charge is 2.25. The lowest BCUT2D eigenvalue weighted by Crippen LogP contribution is -2.42. The van der Waals surface area contributed by atoms with Crippen LogP contribution in [0.5, 0.6) is 0 Å². The third kappa shape index (κ3) is 3.19. The zero-order valence-electron chi connectivity index (χ0n) is 11.9. The van der Waals surface area contributed by atoms with E-state index in [1.807, 2.05) is 4.68 Å². The summed E-state index contributed by atoms with van der Waals surface area (Å²) in [6.45, 7) is 10.0. The molecule has 0 aliphatic heterocycles. The predicted octanol–water partition coefficient (Wildman–Crippen LogP) is 3.57. The molecule has 0 fully saturated rings. The second-order valence-corrected chi connectivity index (χ2v) is 5.82. The second kappa shape index (κ2) is 6.27. The highest BCUT2D eigenvalue weighted by Crippen LogP contribution is 2.25. The number of alkyl halides is 1. The van der Waals surface area contributed by atoms with Crippen molar-refractivity contribution in [3.05, 3.63) is 16.4 Å². The lowest BCUT2D eigenvalue weighted by Gasteiger charge is -2.33. The van der Waals surface area contributed by atoms with Crippen molar-refractivity contribution in [3.63, 3.8) is 0 Å². The largest absolute Gasteiger partial charge is 0.294 e. The first-order valence-electron chi connectivity index (χ1n) is 6.38. The van der Waals surface area contributed by atoms with Crippen LogP contribution in [-0.4, -0.2) is 33.1 Å². The lowest BCUT2D eigenvalue weighted by atomic mass is 10.1. The van der Waals surface area contributed by atoms with Crippen LogP contribution in [0, 0.1) is 0 Å². The summed E-state index contributed by atoms with van der Waals surface area (Å²) in [4.78, 5) is 2.22. The van der Waals surface area contributed by atoms with Crippen molar-refractivity contribution < 1.29 is 0 Å². The fraction of sp³-hybridized carbons (Fsp3) is 0.769. The molecule has 0 saturated heterocycles. The molecule has 0 atom stereocenters. The first-order valence-corrected chi connectivity index (χ1v) is 7.29. The average molecular weight is 292 g/mol. The summed E-state index contributed by atoms with van der Waals surface area (Å²) in [7, 11) is 2.07. The molecule has 0 bridgehead atoms. The van der Waals surface area contributed by atoms with Gasteiger partial charge in [0.15, 0.2) is 0 Å². The number of rotatable bonds is 6. The molecule has 1 rings (SSSR count). The molecule has 0 aliphatic rings. The van der Waals surface area contributed by atoms with E-state index < -0.39 is 0 Å². The van der Waals surface area contributed by atoms with Gasteiger partial charge < -0.3 is 0 Å². The third-order valence-electron chi connectivity index (χ3n) is 3.44. The van der Waals surface area contributed by atoms with Gasteiger partial charge in [0.2, 0.25) is 0 Å². The lowest BCUT2D eigenvalue weighted by molar-refractivity contribution is 0.166. The van der Waals surface area contributed by atoms with E-state index in [0.717, 1.165) is 35.9 Å². The minimum atomic E-state index is -0.0555. The standard InChI is InChI=1S/C13H23Cl2N3/c1-6-10-12(15)11(18(7-2)16-10)8-17(5)13(3,4)9-14/h6-9H2,1-5H3. The third-order valence-corrected chi connectivity index (χ3v) is 4.53. The molecule has 1 aromatic heterocycles. The Morgan fingerprint density at radius 3 is 2.39 bits per heavy atom. The quantitative estimate of drug-likeness (QED) is 0.747. The van der Waals surface area contributed by atoms with Gasteiger partial charge >= 0.3 is 0 Å². The Labute approximate surface area is 120 Å². The summed E-state index contributed by atoms with van der Waals surface area (Å²) < 4.78 is 1.99. The van der Waals surface area contributed by atoms with Crippen LogP contribution in [0.25, 0.3) is 0 Å². The Morgan fingerprint density at radius 1 is 1.33 bits per heavy atom. The van der Waals surface area contributed by atoms with Gasteiger partial charge in [-0.1, -0.05) is 18.5 Å². The van der Waals surface area contributed by atoms with Gasteiger partial charge in [-0.15, -0.1) is 11.6 Å². The average Bonchev–Trinajstić information content (AvgIpc) is 2.66. The van der Waals surface area contributed by atoms with Gasteiger partial charge in [-0.3, -0.25) is 9.58 Å². The predicted molar refractivity (Wildman–Crippen MR) is 78.6 cm³/mol. The number of hydrogen-bond acceptors (Lipinski definition) is 2. The fourth-order valence-electron chi connectivity index (χ4n) is 1.71. The van der Waals surface area contributed by atoms with Gasteiger partial charge in [-0.25, -0.2) is 0 Å². The number of halogens is 2. The molecular formula is C13H23Cl2N3.